The summed E-state index contributed by atoms with van der Waals surface area (Å²) >= 11 is 9.87. The maximum Gasteiger partial charge on any atom is 0.326 e. The topological polar surface area (TPSA) is 117 Å². The molecule has 0 aromatic heterocycles. The summed E-state index contributed by atoms with van der Waals surface area (Å²) in [5, 5.41) is 14.9. The molecule has 41 heavy (non-hydrogen) atoms. The maximum atomic E-state index is 14.3. The van der Waals surface area contributed by atoms with E-state index >= 15 is 0 Å². The molecule has 3 amide bonds. The van der Waals surface area contributed by atoms with Crippen LogP contribution in [-0.4, -0.2) is 58.2 Å². The fourth-order valence-corrected chi connectivity index (χ4v) is 5.46. The Kier molecular flexibility index (Phi) is 8.27. The van der Waals surface area contributed by atoms with E-state index in [0.29, 0.717) is 23.7 Å². The molecule has 0 radical (unpaired) electrons. The smallest absolute Gasteiger partial charge is 0.326 e. The van der Waals surface area contributed by atoms with Crippen LogP contribution in [0.4, 0.5) is 10.5 Å². The largest absolute Gasteiger partial charge is 0.490 e. The van der Waals surface area contributed by atoms with Gasteiger partial charge < -0.3 is 15.0 Å². The minimum absolute atomic E-state index is 0.104. The molecule has 0 spiro atoms. The number of hydrogen-bond acceptors (Lipinski definition) is 6. The molecule has 1 saturated heterocycles. The molecule has 12 heteroatoms. The Morgan fingerprint density at radius 1 is 1.15 bits per heavy atom. The summed E-state index contributed by atoms with van der Waals surface area (Å²) in [6.07, 6.45) is -0.307. The van der Waals surface area contributed by atoms with E-state index in [1.54, 1.807) is 17.0 Å². The third-order valence-corrected chi connectivity index (χ3v) is 7.53. The molecule has 3 aromatic carbocycles. The number of aliphatic imine (C=N–C) groups is 1. The van der Waals surface area contributed by atoms with Crippen molar-refractivity contribution in [2.24, 2.45) is 4.99 Å². The van der Waals surface area contributed by atoms with Crippen LogP contribution in [0, 0.1) is 10.1 Å². The summed E-state index contributed by atoms with van der Waals surface area (Å²) < 4.78 is 6.90. The van der Waals surface area contributed by atoms with Crippen LogP contribution in [0.5, 0.6) is 5.75 Å². The van der Waals surface area contributed by atoms with Gasteiger partial charge in [0, 0.05) is 28.7 Å². The van der Waals surface area contributed by atoms with Gasteiger partial charge in [-0.3, -0.25) is 24.8 Å². The lowest BCUT2D eigenvalue weighted by atomic mass is 9.93. The normalized spacial score (nSPS) is 18.8. The molecule has 2 heterocycles. The molecule has 2 aliphatic rings. The number of halogens is 2. The van der Waals surface area contributed by atoms with Gasteiger partial charge in [0.2, 0.25) is 5.91 Å². The van der Waals surface area contributed by atoms with Gasteiger partial charge in [-0.15, -0.1) is 0 Å². The molecule has 10 nitrogen and oxygen atoms in total. The number of hydrogen-bond donors (Lipinski definition) is 1. The Labute approximate surface area is 250 Å². The fourth-order valence-electron chi connectivity index (χ4n) is 5.00. The first-order valence-electron chi connectivity index (χ1n) is 13.0. The Morgan fingerprint density at radius 3 is 2.56 bits per heavy atom. The number of amidine groups is 1. The van der Waals surface area contributed by atoms with E-state index in [0.717, 1.165) is 15.6 Å². The van der Waals surface area contributed by atoms with E-state index in [4.69, 9.17) is 21.3 Å². The van der Waals surface area contributed by atoms with Crippen molar-refractivity contribution in [1.29, 1.82) is 0 Å². The highest BCUT2D eigenvalue weighted by Crippen LogP contribution is 2.46. The molecule has 5 rings (SSSR count). The second-order valence-electron chi connectivity index (χ2n) is 9.98. The van der Waals surface area contributed by atoms with Gasteiger partial charge in [0.1, 0.15) is 24.2 Å². The van der Waals surface area contributed by atoms with Crippen molar-refractivity contribution in [2.45, 2.75) is 32.0 Å². The number of nitrogens with zero attached hydrogens (tertiary/aromatic N) is 4. The van der Waals surface area contributed by atoms with Crippen molar-refractivity contribution in [3.8, 4) is 5.75 Å². The van der Waals surface area contributed by atoms with Crippen molar-refractivity contribution < 1.29 is 19.2 Å². The molecule has 0 aliphatic carbocycles. The van der Waals surface area contributed by atoms with Gasteiger partial charge in [-0.05, 0) is 55.3 Å². The molecule has 2 aliphatic heterocycles. The van der Waals surface area contributed by atoms with Crippen LogP contribution < -0.4 is 10.1 Å². The Morgan fingerprint density at radius 2 is 1.90 bits per heavy atom. The molecule has 2 atom stereocenters. The van der Waals surface area contributed by atoms with Crippen molar-refractivity contribution >= 4 is 51.0 Å². The van der Waals surface area contributed by atoms with Crippen LogP contribution in [0.3, 0.4) is 0 Å². The van der Waals surface area contributed by atoms with Crippen LogP contribution in [0.2, 0.25) is 5.02 Å². The number of nitro benzene ring substituents is 1. The van der Waals surface area contributed by atoms with Crippen molar-refractivity contribution in [3.05, 3.63) is 103 Å². The first kappa shape index (κ1) is 28.6. The quantitative estimate of drug-likeness (QED) is 0.266. The van der Waals surface area contributed by atoms with Crippen LogP contribution >= 0.6 is 27.5 Å². The number of non-ortho nitro benzene ring substituents is 1. The zero-order valence-corrected chi connectivity index (χ0v) is 24.6. The summed E-state index contributed by atoms with van der Waals surface area (Å²) in [6.45, 7) is 4.16. The Bertz CT molecular complexity index is 1530. The molecule has 1 N–H and O–H groups in total. The van der Waals surface area contributed by atoms with Crippen LogP contribution in [0.15, 0.2) is 76.2 Å². The van der Waals surface area contributed by atoms with E-state index in [1.807, 2.05) is 56.3 Å². The molecule has 3 aromatic rings. The molecule has 212 valence electrons. The number of carbonyl (C=O) groups excluding carboxylic acids is 2. The Hall–Kier alpha value is -3.96. The lowest BCUT2D eigenvalue weighted by Gasteiger charge is -2.35. The first-order chi connectivity index (χ1) is 19.6. The van der Waals surface area contributed by atoms with Gasteiger partial charge in [-0.25, -0.2) is 4.79 Å². The number of urea groups is 1. The van der Waals surface area contributed by atoms with Gasteiger partial charge in [-0.1, -0.05) is 51.8 Å². The van der Waals surface area contributed by atoms with Crippen molar-refractivity contribution in [1.82, 2.24) is 15.1 Å². The van der Waals surface area contributed by atoms with E-state index in [9.17, 15) is 19.7 Å². The third kappa shape index (κ3) is 6.06. The Balaban J connectivity index is 1.73. The molecule has 1 fully saturated rings. The SMILES string of the molecule is CC(C)Oc1cc([N+](=O)[O-])ccc1C1=N[C@@H](c2cccc(Cl)c2)[C@@H](c2ccc(Br)cc2)N1C(=O)N1CCNC(=O)C1. The van der Waals surface area contributed by atoms with Gasteiger partial charge in [0.05, 0.1) is 28.7 Å². The lowest BCUT2D eigenvalue weighted by molar-refractivity contribution is -0.384. The number of amides is 3. The van der Waals surface area contributed by atoms with E-state index in [-0.39, 0.29) is 35.8 Å². The van der Waals surface area contributed by atoms with Gasteiger partial charge in [-0.2, -0.15) is 0 Å². The maximum absolute atomic E-state index is 14.3. The predicted octanol–water partition coefficient (Wildman–Crippen LogP) is 5.89. The summed E-state index contributed by atoms with van der Waals surface area (Å²) in [4.78, 5) is 45.9. The second kappa shape index (κ2) is 11.9. The summed E-state index contributed by atoms with van der Waals surface area (Å²) in [6, 6.07) is 17.5. The van der Waals surface area contributed by atoms with E-state index in [1.165, 1.54) is 17.0 Å². The van der Waals surface area contributed by atoms with Crippen LogP contribution in [-0.2, 0) is 4.79 Å². The standard InChI is InChI=1S/C29H27BrClN5O5/c1-17(2)41-24-15-22(36(39)40)10-11-23(24)28-33-26(19-4-3-5-21(31)14-19)27(18-6-8-20(30)9-7-18)35(28)29(38)34-13-12-32-25(37)16-34/h3-11,14-15,17,26-27H,12-13,16H2,1-2H3,(H,32,37)/t26-,27+/m0/s1. The number of benzene rings is 3. The molecule has 0 saturated carbocycles. The summed E-state index contributed by atoms with van der Waals surface area (Å²) in [5.74, 6) is 0.251. The first-order valence-corrected chi connectivity index (χ1v) is 14.2. The fraction of sp³-hybridized carbons (Fsp3) is 0.276. The monoisotopic (exact) mass is 639 g/mol. The predicted molar refractivity (Wildman–Crippen MR) is 158 cm³/mol. The second-order valence-corrected chi connectivity index (χ2v) is 11.3. The van der Waals surface area contributed by atoms with E-state index < -0.39 is 23.0 Å². The van der Waals surface area contributed by atoms with Gasteiger partial charge in [0.15, 0.2) is 0 Å². The third-order valence-electron chi connectivity index (χ3n) is 6.76. The molecular weight excluding hydrogens is 614 g/mol. The van der Waals surface area contributed by atoms with E-state index in [2.05, 4.69) is 21.2 Å². The number of nitrogens with one attached hydrogen (secondary N) is 1. The average Bonchev–Trinajstić information content (AvgIpc) is 3.33. The minimum atomic E-state index is -0.615. The van der Waals surface area contributed by atoms with Crippen LogP contribution in [0.1, 0.15) is 42.6 Å². The zero-order valence-electron chi connectivity index (χ0n) is 22.3. The zero-order chi connectivity index (χ0) is 29.3. The summed E-state index contributed by atoms with van der Waals surface area (Å²) in [7, 11) is 0. The highest BCUT2D eigenvalue weighted by Gasteiger charge is 2.45. The minimum Gasteiger partial charge on any atom is -0.490 e. The van der Waals surface area contributed by atoms with Gasteiger partial charge >= 0.3 is 6.03 Å². The number of ether oxygens (including phenoxy) is 1. The lowest BCUT2D eigenvalue weighted by Crippen LogP contribution is -2.55. The average molecular weight is 641 g/mol. The molecule has 0 unspecified atom stereocenters. The number of nitro groups is 1. The van der Waals surface area contributed by atoms with Crippen LogP contribution in [0.25, 0.3) is 0 Å². The van der Waals surface area contributed by atoms with Gasteiger partial charge in [0.25, 0.3) is 5.69 Å². The highest BCUT2D eigenvalue weighted by atomic mass is 79.9. The number of carbonyl (C=O) groups is 2. The van der Waals surface area contributed by atoms with Crippen molar-refractivity contribution in [2.75, 3.05) is 19.6 Å². The summed E-state index contributed by atoms with van der Waals surface area (Å²) in [5.41, 5.74) is 1.86. The number of piperazine rings is 1. The van der Waals surface area contributed by atoms with Crippen molar-refractivity contribution in [3.63, 3.8) is 0 Å². The molecular formula is C29H27BrClN5O5. The highest BCUT2D eigenvalue weighted by molar-refractivity contribution is 9.10. The molecule has 0 bridgehead atoms. The number of rotatable bonds is 6.